The molecular formula is C15H24N4S. The second-order valence-electron chi connectivity index (χ2n) is 6.16. The third kappa shape index (κ3) is 2.56. The Morgan fingerprint density at radius 2 is 2.20 bits per heavy atom. The summed E-state index contributed by atoms with van der Waals surface area (Å²) >= 11 is 1.71. The van der Waals surface area contributed by atoms with E-state index in [0.29, 0.717) is 12.1 Å². The van der Waals surface area contributed by atoms with Crippen molar-refractivity contribution in [2.24, 2.45) is 5.92 Å². The van der Waals surface area contributed by atoms with E-state index < -0.39 is 0 Å². The van der Waals surface area contributed by atoms with E-state index in [0.717, 1.165) is 23.2 Å². The number of nitrogens with zero attached hydrogens (tertiary/aromatic N) is 3. The Morgan fingerprint density at radius 3 is 2.85 bits per heavy atom. The first-order valence-corrected chi connectivity index (χ1v) is 8.36. The van der Waals surface area contributed by atoms with E-state index in [1.165, 1.54) is 18.5 Å². The number of aromatic nitrogens is 2. The van der Waals surface area contributed by atoms with Crippen molar-refractivity contribution in [1.82, 2.24) is 14.7 Å². The van der Waals surface area contributed by atoms with Crippen LogP contribution in [0.1, 0.15) is 39.3 Å². The van der Waals surface area contributed by atoms with E-state index in [1.54, 1.807) is 11.3 Å². The predicted molar refractivity (Wildman–Crippen MR) is 85.6 cm³/mol. The first kappa shape index (κ1) is 13.9. The molecule has 0 radical (unpaired) electrons. The quantitative estimate of drug-likeness (QED) is 0.888. The lowest BCUT2D eigenvalue weighted by atomic mass is 10.2. The highest BCUT2D eigenvalue weighted by Gasteiger charge is 2.32. The Balaban J connectivity index is 1.91. The summed E-state index contributed by atoms with van der Waals surface area (Å²) in [5.41, 5.74) is 1.28. The van der Waals surface area contributed by atoms with Gasteiger partial charge in [-0.1, -0.05) is 13.8 Å². The van der Waals surface area contributed by atoms with Crippen LogP contribution in [0.5, 0.6) is 0 Å². The molecule has 4 nitrogen and oxygen atoms in total. The van der Waals surface area contributed by atoms with Gasteiger partial charge in [-0.25, -0.2) is 4.98 Å². The Morgan fingerprint density at radius 1 is 1.45 bits per heavy atom. The molecule has 1 fully saturated rings. The van der Waals surface area contributed by atoms with Crippen LogP contribution in [0.15, 0.2) is 11.6 Å². The molecule has 1 saturated carbocycles. The zero-order chi connectivity index (χ0) is 14.3. The van der Waals surface area contributed by atoms with Crippen LogP contribution in [0.3, 0.4) is 0 Å². The Bertz CT molecular complexity index is 582. The van der Waals surface area contributed by atoms with Gasteiger partial charge in [-0.2, -0.15) is 0 Å². The fraction of sp³-hybridized carbons (Fsp3) is 0.667. The molecule has 1 aliphatic rings. The van der Waals surface area contributed by atoms with E-state index in [2.05, 4.69) is 54.0 Å². The van der Waals surface area contributed by atoms with Crippen LogP contribution in [0.4, 0.5) is 5.82 Å². The van der Waals surface area contributed by atoms with Crippen LogP contribution < -0.4 is 10.2 Å². The number of rotatable bonds is 6. The van der Waals surface area contributed by atoms with Gasteiger partial charge >= 0.3 is 0 Å². The van der Waals surface area contributed by atoms with Crippen LogP contribution >= 0.6 is 11.3 Å². The molecule has 0 aromatic carbocycles. The fourth-order valence-corrected chi connectivity index (χ4v) is 3.38. The Hall–Kier alpha value is -1.07. The number of imidazole rings is 1. The molecule has 20 heavy (non-hydrogen) atoms. The average Bonchev–Trinajstić information content (AvgIpc) is 3.06. The van der Waals surface area contributed by atoms with Crippen molar-refractivity contribution in [3.05, 3.63) is 17.3 Å². The largest absolute Gasteiger partial charge is 0.355 e. The van der Waals surface area contributed by atoms with Gasteiger partial charge in [0.2, 0.25) is 0 Å². The zero-order valence-electron chi connectivity index (χ0n) is 12.8. The molecule has 5 heteroatoms. The van der Waals surface area contributed by atoms with Gasteiger partial charge in [-0.05, 0) is 25.7 Å². The minimum absolute atomic E-state index is 0.484. The lowest BCUT2D eigenvalue weighted by molar-refractivity contribution is 0.570. The molecule has 110 valence electrons. The van der Waals surface area contributed by atoms with E-state index in [4.69, 9.17) is 4.98 Å². The number of hydrogen-bond donors (Lipinski definition) is 1. The highest BCUT2D eigenvalue weighted by molar-refractivity contribution is 7.15. The molecule has 0 bridgehead atoms. The van der Waals surface area contributed by atoms with Gasteiger partial charge in [0.15, 0.2) is 10.8 Å². The second kappa shape index (κ2) is 5.37. The zero-order valence-corrected chi connectivity index (χ0v) is 13.6. The predicted octanol–water partition coefficient (Wildman–Crippen LogP) is 3.13. The van der Waals surface area contributed by atoms with Crippen molar-refractivity contribution in [3.8, 4) is 0 Å². The average molecular weight is 292 g/mol. The van der Waals surface area contributed by atoms with Gasteiger partial charge in [0, 0.05) is 37.3 Å². The van der Waals surface area contributed by atoms with Gasteiger partial charge in [0.25, 0.3) is 0 Å². The van der Waals surface area contributed by atoms with Crippen molar-refractivity contribution in [2.75, 3.05) is 11.9 Å². The van der Waals surface area contributed by atoms with Gasteiger partial charge in [-0.15, -0.1) is 11.3 Å². The van der Waals surface area contributed by atoms with Crippen molar-refractivity contribution < 1.29 is 0 Å². The summed E-state index contributed by atoms with van der Waals surface area (Å²) in [6.07, 6.45) is 4.87. The minimum atomic E-state index is 0.484. The summed E-state index contributed by atoms with van der Waals surface area (Å²) in [5, 5.41) is 5.63. The van der Waals surface area contributed by atoms with E-state index in [1.807, 2.05) is 0 Å². The molecule has 0 aliphatic heterocycles. The maximum Gasteiger partial charge on any atom is 0.195 e. The number of anilines is 1. The molecular weight excluding hydrogens is 268 g/mol. The normalized spacial score (nSPS) is 17.1. The molecule has 0 amide bonds. The van der Waals surface area contributed by atoms with Crippen molar-refractivity contribution in [2.45, 2.75) is 52.2 Å². The first-order chi connectivity index (χ1) is 9.58. The van der Waals surface area contributed by atoms with Gasteiger partial charge in [-0.3, -0.25) is 4.40 Å². The third-order valence-electron chi connectivity index (χ3n) is 4.27. The molecule has 3 rings (SSSR count). The minimum Gasteiger partial charge on any atom is -0.355 e. The maximum atomic E-state index is 4.85. The fourth-order valence-electron chi connectivity index (χ4n) is 2.66. The highest BCUT2D eigenvalue weighted by atomic mass is 32.1. The summed E-state index contributed by atoms with van der Waals surface area (Å²) in [6.45, 7) is 7.56. The lowest BCUT2D eigenvalue weighted by Gasteiger charge is -2.26. The Kier molecular flexibility index (Phi) is 3.73. The summed E-state index contributed by atoms with van der Waals surface area (Å²) in [4.78, 5) is 8.31. The van der Waals surface area contributed by atoms with Crippen molar-refractivity contribution in [1.29, 1.82) is 0 Å². The molecule has 2 heterocycles. The molecule has 2 aromatic rings. The smallest absolute Gasteiger partial charge is 0.195 e. The number of nitrogens with one attached hydrogen (secondary N) is 1. The van der Waals surface area contributed by atoms with Gasteiger partial charge in [0.1, 0.15) is 0 Å². The molecule has 1 unspecified atom stereocenters. The molecule has 1 N–H and O–H groups in total. The lowest BCUT2D eigenvalue weighted by Crippen LogP contribution is -2.32. The van der Waals surface area contributed by atoms with Crippen LogP contribution in [0.2, 0.25) is 0 Å². The van der Waals surface area contributed by atoms with E-state index in [9.17, 15) is 0 Å². The number of fused-ring (bicyclic) bond motifs is 1. The Labute approximate surface area is 124 Å². The summed E-state index contributed by atoms with van der Waals surface area (Å²) in [5.74, 6) is 2.00. The van der Waals surface area contributed by atoms with Crippen molar-refractivity contribution >= 4 is 22.1 Å². The third-order valence-corrected chi connectivity index (χ3v) is 5.02. The topological polar surface area (TPSA) is 32.6 Å². The summed E-state index contributed by atoms with van der Waals surface area (Å²) in [6, 6.07) is 1.07. The van der Waals surface area contributed by atoms with Crippen LogP contribution in [-0.4, -0.2) is 28.5 Å². The van der Waals surface area contributed by atoms with Crippen molar-refractivity contribution in [3.63, 3.8) is 0 Å². The molecule has 1 aliphatic carbocycles. The standard InChI is InChI=1S/C15H24N4S/c1-10(2)16-9-13-14(17-15-19(13)7-8-20-15)18(4)11(3)12-5-6-12/h7-8,10-12,16H,5-6,9H2,1-4H3. The van der Waals surface area contributed by atoms with Gasteiger partial charge in [0.05, 0.1) is 5.69 Å². The van der Waals surface area contributed by atoms with Crippen LogP contribution in [-0.2, 0) is 6.54 Å². The van der Waals surface area contributed by atoms with E-state index in [-0.39, 0.29) is 0 Å². The van der Waals surface area contributed by atoms with Crippen LogP contribution in [0, 0.1) is 5.92 Å². The van der Waals surface area contributed by atoms with E-state index >= 15 is 0 Å². The molecule has 0 spiro atoms. The first-order valence-electron chi connectivity index (χ1n) is 7.48. The highest BCUT2D eigenvalue weighted by Crippen LogP contribution is 2.37. The maximum absolute atomic E-state index is 4.85. The monoisotopic (exact) mass is 292 g/mol. The summed E-state index contributed by atoms with van der Waals surface area (Å²) < 4.78 is 2.23. The van der Waals surface area contributed by atoms with Crippen LogP contribution in [0.25, 0.3) is 4.96 Å². The number of hydrogen-bond acceptors (Lipinski definition) is 4. The SMILES string of the molecule is CC(C)NCc1c(N(C)C(C)C2CC2)nc2sccn12. The number of thiazole rings is 1. The second-order valence-corrected chi connectivity index (χ2v) is 7.04. The molecule has 0 saturated heterocycles. The molecule has 1 atom stereocenters. The molecule has 2 aromatic heterocycles. The summed E-state index contributed by atoms with van der Waals surface area (Å²) in [7, 11) is 2.19. The van der Waals surface area contributed by atoms with Gasteiger partial charge < -0.3 is 10.2 Å².